The van der Waals surface area contributed by atoms with Crippen LogP contribution in [0.1, 0.15) is 33.8 Å². The Morgan fingerprint density at radius 3 is 2.81 bits per heavy atom. The second kappa shape index (κ2) is 8.47. The van der Waals surface area contributed by atoms with E-state index in [0.717, 1.165) is 52.7 Å². The molecule has 4 heterocycles. The number of nitrogens with zero attached hydrogens (tertiary/aromatic N) is 5. The van der Waals surface area contributed by atoms with Crippen LogP contribution in [0, 0.1) is 6.92 Å². The van der Waals surface area contributed by atoms with Crippen LogP contribution in [0.2, 0.25) is 0 Å². The van der Waals surface area contributed by atoms with Crippen molar-refractivity contribution in [3.05, 3.63) is 71.0 Å². The molecule has 1 aliphatic rings. The summed E-state index contributed by atoms with van der Waals surface area (Å²) in [6.07, 6.45) is 5.47. The highest BCUT2D eigenvalue weighted by Gasteiger charge is 2.24. The largest absolute Gasteiger partial charge is 0.347 e. The van der Waals surface area contributed by atoms with Crippen LogP contribution in [0.15, 0.2) is 54.9 Å². The molecule has 5 rings (SSSR count). The number of amides is 1. The second-order valence-electron chi connectivity index (χ2n) is 7.87. The van der Waals surface area contributed by atoms with Crippen LogP contribution in [-0.2, 0) is 6.54 Å². The monoisotopic (exact) mass is 432 g/mol. The number of carbonyl (C=O) groups excluding carboxylic acids is 1. The van der Waals surface area contributed by atoms with Gasteiger partial charge in [-0.25, -0.2) is 9.97 Å². The lowest BCUT2D eigenvalue weighted by molar-refractivity contribution is 0.0937. The molecule has 7 nitrogen and oxygen atoms in total. The summed E-state index contributed by atoms with van der Waals surface area (Å²) < 4.78 is 2.00. The van der Waals surface area contributed by atoms with E-state index in [-0.39, 0.29) is 11.9 Å². The Morgan fingerprint density at radius 2 is 2.00 bits per heavy atom. The predicted molar refractivity (Wildman–Crippen MR) is 123 cm³/mol. The van der Waals surface area contributed by atoms with Crippen LogP contribution in [0.3, 0.4) is 0 Å². The fraction of sp³-hybridized carbons (Fsp3) is 0.304. The molecule has 0 radical (unpaired) electrons. The average Bonchev–Trinajstić information content (AvgIpc) is 3.37. The molecule has 1 unspecified atom stereocenters. The lowest BCUT2D eigenvalue weighted by atomic mass is 10.1. The number of benzene rings is 1. The fourth-order valence-electron chi connectivity index (χ4n) is 4.08. The van der Waals surface area contributed by atoms with Gasteiger partial charge in [0.25, 0.3) is 5.91 Å². The number of aryl methyl sites for hydroxylation is 1. The van der Waals surface area contributed by atoms with Gasteiger partial charge in [0, 0.05) is 36.9 Å². The summed E-state index contributed by atoms with van der Waals surface area (Å²) in [5, 5.41) is 8.95. The van der Waals surface area contributed by atoms with Crippen molar-refractivity contribution >= 4 is 33.4 Å². The zero-order chi connectivity index (χ0) is 21.2. The highest BCUT2D eigenvalue weighted by atomic mass is 32.1. The van der Waals surface area contributed by atoms with Crippen LogP contribution >= 0.6 is 11.3 Å². The Morgan fingerprint density at radius 1 is 1.19 bits per heavy atom. The van der Waals surface area contributed by atoms with Crippen molar-refractivity contribution in [3.8, 4) is 0 Å². The number of anilines is 1. The third kappa shape index (κ3) is 4.16. The molecular formula is C23H24N6OS. The highest BCUT2D eigenvalue weighted by molar-refractivity contribution is 7.20. The molecule has 31 heavy (non-hydrogen) atoms. The van der Waals surface area contributed by atoms with E-state index in [4.69, 9.17) is 0 Å². The van der Waals surface area contributed by atoms with Gasteiger partial charge in [0.15, 0.2) is 0 Å². The predicted octanol–water partition coefficient (Wildman–Crippen LogP) is 3.64. The number of fused-ring (bicyclic) bond motifs is 1. The first kappa shape index (κ1) is 19.7. The number of rotatable bonds is 5. The molecule has 4 aromatic rings. The Bertz CT molecular complexity index is 1190. The van der Waals surface area contributed by atoms with E-state index in [0.29, 0.717) is 6.54 Å². The number of thiophene rings is 1. The van der Waals surface area contributed by atoms with Gasteiger partial charge in [-0.15, -0.1) is 11.3 Å². The van der Waals surface area contributed by atoms with E-state index in [9.17, 15) is 4.79 Å². The molecule has 1 amide bonds. The Kier molecular flexibility index (Phi) is 5.38. The van der Waals surface area contributed by atoms with Crippen LogP contribution in [0.5, 0.6) is 0 Å². The lowest BCUT2D eigenvalue weighted by Crippen LogP contribution is -2.48. The zero-order valence-electron chi connectivity index (χ0n) is 17.4. The minimum Gasteiger partial charge on any atom is -0.347 e. The summed E-state index contributed by atoms with van der Waals surface area (Å²) in [6.45, 7) is 4.33. The normalized spacial score (nSPS) is 16.5. The third-order valence-corrected chi connectivity index (χ3v) is 6.75. The number of carbonyl (C=O) groups is 1. The molecule has 1 aliphatic heterocycles. The lowest BCUT2D eigenvalue weighted by Gasteiger charge is -2.32. The van der Waals surface area contributed by atoms with Gasteiger partial charge in [0.1, 0.15) is 4.83 Å². The minimum absolute atomic E-state index is 0.0207. The van der Waals surface area contributed by atoms with Gasteiger partial charge in [0.2, 0.25) is 5.95 Å². The van der Waals surface area contributed by atoms with Gasteiger partial charge in [-0.1, -0.05) is 30.3 Å². The average molecular weight is 433 g/mol. The van der Waals surface area contributed by atoms with Crippen LogP contribution in [0.25, 0.3) is 10.2 Å². The summed E-state index contributed by atoms with van der Waals surface area (Å²) in [5.41, 5.74) is 2.14. The van der Waals surface area contributed by atoms with E-state index in [1.54, 1.807) is 12.4 Å². The van der Waals surface area contributed by atoms with Crippen molar-refractivity contribution < 1.29 is 4.79 Å². The summed E-state index contributed by atoms with van der Waals surface area (Å²) in [7, 11) is 0. The highest BCUT2D eigenvalue weighted by Crippen LogP contribution is 2.29. The third-order valence-electron chi connectivity index (χ3n) is 5.60. The van der Waals surface area contributed by atoms with E-state index in [1.165, 1.54) is 16.9 Å². The molecular weight excluding hydrogens is 408 g/mol. The molecule has 8 heteroatoms. The number of hydrogen-bond acceptors (Lipinski definition) is 6. The molecule has 1 atom stereocenters. The van der Waals surface area contributed by atoms with Gasteiger partial charge < -0.3 is 10.2 Å². The fourth-order valence-corrected chi connectivity index (χ4v) is 5.14. The van der Waals surface area contributed by atoms with Crippen molar-refractivity contribution in [2.45, 2.75) is 32.4 Å². The SMILES string of the molecule is Cc1nn(Cc2ccccc2)c2sc(C(=O)NC3CCCN(c4ncccn4)C3)cc12. The summed E-state index contributed by atoms with van der Waals surface area (Å²) in [5.74, 6) is 0.702. The van der Waals surface area contributed by atoms with Gasteiger partial charge in [-0.3, -0.25) is 9.48 Å². The smallest absolute Gasteiger partial charge is 0.261 e. The van der Waals surface area contributed by atoms with Gasteiger partial charge in [0.05, 0.1) is 17.1 Å². The van der Waals surface area contributed by atoms with Crippen molar-refractivity contribution in [1.29, 1.82) is 0 Å². The van der Waals surface area contributed by atoms with Gasteiger partial charge >= 0.3 is 0 Å². The van der Waals surface area contributed by atoms with E-state index >= 15 is 0 Å². The first-order chi connectivity index (χ1) is 15.2. The summed E-state index contributed by atoms with van der Waals surface area (Å²) >= 11 is 1.51. The van der Waals surface area contributed by atoms with Crippen molar-refractivity contribution in [1.82, 2.24) is 25.1 Å². The maximum absolute atomic E-state index is 13.0. The summed E-state index contributed by atoms with van der Waals surface area (Å²) in [4.78, 5) is 25.6. The molecule has 1 saturated heterocycles. The Balaban J connectivity index is 1.31. The maximum atomic E-state index is 13.0. The molecule has 3 aromatic heterocycles. The minimum atomic E-state index is -0.0207. The van der Waals surface area contributed by atoms with Crippen molar-refractivity contribution in [2.24, 2.45) is 0 Å². The van der Waals surface area contributed by atoms with Crippen LogP contribution < -0.4 is 10.2 Å². The number of aromatic nitrogens is 4. The van der Waals surface area contributed by atoms with Crippen molar-refractivity contribution in [3.63, 3.8) is 0 Å². The molecule has 1 fully saturated rings. The summed E-state index contributed by atoms with van der Waals surface area (Å²) in [6, 6.07) is 14.1. The van der Waals surface area contributed by atoms with Crippen LogP contribution in [-0.4, -0.2) is 44.8 Å². The molecule has 1 N–H and O–H groups in total. The molecule has 0 bridgehead atoms. The zero-order valence-corrected chi connectivity index (χ0v) is 18.2. The first-order valence-corrected chi connectivity index (χ1v) is 11.3. The van der Waals surface area contributed by atoms with Crippen LogP contribution in [0.4, 0.5) is 5.95 Å². The number of piperidine rings is 1. The number of nitrogens with one attached hydrogen (secondary N) is 1. The standard InChI is InChI=1S/C23H24N6OS/c1-16-19-13-20(31-22(19)29(27-16)14-17-7-3-2-4-8-17)21(30)26-18-9-5-12-28(15-18)23-24-10-6-11-25-23/h2-4,6-8,10-11,13,18H,5,9,12,14-15H2,1H3,(H,26,30). The van der Waals surface area contributed by atoms with Crippen molar-refractivity contribution in [2.75, 3.05) is 18.0 Å². The second-order valence-corrected chi connectivity index (χ2v) is 8.90. The maximum Gasteiger partial charge on any atom is 0.261 e. The topological polar surface area (TPSA) is 75.9 Å². The van der Waals surface area contributed by atoms with Gasteiger partial charge in [-0.2, -0.15) is 5.10 Å². The van der Waals surface area contributed by atoms with E-state index in [2.05, 4.69) is 37.4 Å². The number of hydrogen-bond donors (Lipinski definition) is 1. The molecule has 0 saturated carbocycles. The van der Waals surface area contributed by atoms with E-state index < -0.39 is 0 Å². The van der Waals surface area contributed by atoms with E-state index in [1.807, 2.05) is 41.9 Å². The Labute approximate surface area is 184 Å². The quantitative estimate of drug-likeness (QED) is 0.521. The molecule has 0 aliphatic carbocycles. The first-order valence-electron chi connectivity index (χ1n) is 10.5. The van der Waals surface area contributed by atoms with Gasteiger partial charge in [-0.05, 0) is 37.5 Å². The molecule has 1 aromatic carbocycles. The molecule has 158 valence electrons. The Hall–Kier alpha value is -3.26. The molecule has 0 spiro atoms.